The molecule has 7 nitrogen and oxygen atoms in total. The van der Waals surface area contributed by atoms with Crippen molar-refractivity contribution in [3.63, 3.8) is 0 Å². The molecule has 0 radical (unpaired) electrons. The monoisotopic (exact) mass is 423 g/mol. The fourth-order valence-electron chi connectivity index (χ4n) is 3.15. The second-order valence-corrected chi connectivity index (χ2v) is 8.49. The van der Waals surface area contributed by atoms with Crippen LogP contribution in [0, 0.1) is 6.92 Å². The van der Waals surface area contributed by atoms with Gasteiger partial charge in [-0.3, -0.25) is 4.72 Å². The number of methoxy groups -OCH3 is 2. The quantitative estimate of drug-likeness (QED) is 0.481. The molecule has 8 heteroatoms. The molecule has 0 fully saturated rings. The van der Waals surface area contributed by atoms with Crippen LogP contribution >= 0.6 is 0 Å². The highest BCUT2D eigenvalue weighted by molar-refractivity contribution is 7.92. The number of aromatic amines is 1. The summed E-state index contributed by atoms with van der Waals surface area (Å²) < 4.78 is 38.4. The Morgan fingerprint density at radius 1 is 0.900 bits per heavy atom. The Morgan fingerprint density at radius 3 is 2.33 bits per heavy atom. The van der Waals surface area contributed by atoms with Gasteiger partial charge in [-0.25, -0.2) is 13.4 Å². The highest BCUT2D eigenvalue weighted by atomic mass is 32.2. The van der Waals surface area contributed by atoms with Gasteiger partial charge in [0.15, 0.2) is 11.5 Å². The van der Waals surface area contributed by atoms with Crippen LogP contribution in [-0.4, -0.2) is 32.6 Å². The van der Waals surface area contributed by atoms with Crippen LogP contribution < -0.4 is 14.2 Å². The first kappa shape index (κ1) is 19.8. The molecule has 0 saturated carbocycles. The van der Waals surface area contributed by atoms with Crippen molar-refractivity contribution >= 4 is 26.7 Å². The molecule has 0 aliphatic carbocycles. The van der Waals surface area contributed by atoms with E-state index in [-0.39, 0.29) is 4.90 Å². The number of aromatic nitrogens is 2. The number of ether oxygens (including phenoxy) is 2. The number of rotatable bonds is 6. The molecule has 0 bridgehead atoms. The molecular weight excluding hydrogens is 402 g/mol. The predicted molar refractivity (Wildman–Crippen MR) is 117 cm³/mol. The van der Waals surface area contributed by atoms with Gasteiger partial charge >= 0.3 is 0 Å². The Morgan fingerprint density at radius 2 is 1.63 bits per heavy atom. The molecule has 0 atom stereocenters. The Labute approximate surface area is 174 Å². The van der Waals surface area contributed by atoms with Crippen molar-refractivity contribution in [3.8, 4) is 22.9 Å². The number of H-pyrrole nitrogens is 1. The average Bonchev–Trinajstić information content (AvgIpc) is 3.16. The van der Waals surface area contributed by atoms with Crippen molar-refractivity contribution in [1.29, 1.82) is 0 Å². The first-order valence-electron chi connectivity index (χ1n) is 9.21. The molecule has 0 amide bonds. The lowest BCUT2D eigenvalue weighted by Crippen LogP contribution is -2.13. The van der Waals surface area contributed by atoms with Crippen LogP contribution in [0.5, 0.6) is 11.5 Å². The van der Waals surface area contributed by atoms with Crippen LogP contribution in [0.15, 0.2) is 65.6 Å². The molecule has 0 aliphatic heterocycles. The molecular formula is C22H21N3O4S. The van der Waals surface area contributed by atoms with Gasteiger partial charge in [0.1, 0.15) is 5.82 Å². The third-order valence-corrected chi connectivity index (χ3v) is 6.09. The van der Waals surface area contributed by atoms with E-state index in [2.05, 4.69) is 14.7 Å². The number of nitrogens with one attached hydrogen (secondary N) is 2. The molecule has 0 saturated heterocycles. The smallest absolute Gasteiger partial charge is 0.262 e. The minimum Gasteiger partial charge on any atom is -0.493 e. The van der Waals surface area contributed by atoms with E-state index < -0.39 is 10.0 Å². The Bertz CT molecular complexity index is 1310. The third kappa shape index (κ3) is 3.81. The Kier molecular flexibility index (Phi) is 5.09. The van der Waals surface area contributed by atoms with E-state index in [0.717, 1.165) is 28.0 Å². The summed E-state index contributed by atoms with van der Waals surface area (Å²) in [7, 11) is -0.830. The number of sulfonamides is 1. The zero-order valence-corrected chi connectivity index (χ0v) is 17.6. The molecule has 0 spiro atoms. The summed E-state index contributed by atoms with van der Waals surface area (Å²) in [5, 5.41) is 0. The third-order valence-electron chi connectivity index (χ3n) is 4.71. The maximum Gasteiger partial charge on any atom is 0.262 e. The number of imidazole rings is 1. The molecule has 1 aromatic heterocycles. The van der Waals surface area contributed by atoms with E-state index in [1.165, 1.54) is 26.4 Å². The summed E-state index contributed by atoms with van der Waals surface area (Å²) in [5.41, 5.74) is 4.30. The molecule has 0 aliphatic rings. The van der Waals surface area contributed by atoms with Crippen LogP contribution in [0.1, 0.15) is 5.56 Å². The number of hydrogen-bond donors (Lipinski definition) is 2. The summed E-state index contributed by atoms with van der Waals surface area (Å²) in [5.74, 6) is 1.53. The number of hydrogen-bond acceptors (Lipinski definition) is 5. The van der Waals surface area contributed by atoms with E-state index in [0.29, 0.717) is 17.2 Å². The minimum atomic E-state index is -3.78. The Hall–Kier alpha value is -3.52. The maximum absolute atomic E-state index is 12.7. The molecule has 2 N–H and O–H groups in total. The van der Waals surface area contributed by atoms with Crippen LogP contribution in [0.25, 0.3) is 22.4 Å². The highest BCUT2D eigenvalue weighted by Crippen LogP contribution is 2.30. The van der Waals surface area contributed by atoms with Gasteiger partial charge in [-0.05, 0) is 61.0 Å². The van der Waals surface area contributed by atoms with E-state index in [4.69, 9.17) is 9.47 Å². The largest absolute Gasteiger partial charge is 0.493 e. The van der Waals surface area contributed by atoms with E-state index in [1.54, 1.807) is 18.2 Å². The number of aryl methyl sites for hydroxylation is 1. The minimum absolute atomic E-state index is 0.0804. The van der Waals surface area contributed by atoms with Crippen molar-refractivity contribution in [2.45, 2.75) is 11.8 Å². The first-order chi connectivity index (χ1) is 14.4. The average molecular weight is 423 g/mol. The topological polar surface area (TPSA) is 93.3 Å². The van der Waals surface area contributed by atoms with Gasteiger partial charge < -0.3 is 14.5 Å². The number of fused-ring (bicyclic) bond motifs is 1. The summed E-state index contributed by atoms with van der Waals surface area (Å²) in [4.78, 5) is 7.97. The lowest BCUT2D eigenvalue weighted by molar-refractivity contribution is 0.354. The van der Waals surface area contributed by atoms with E-state index in [9.17, 15) is 8.42 Å². The first-order valence-corrected chi connectivity index (χ1v) is 10.7. The van der Waals surface area contributed by atoms with Gasteiger partial charge in [0.2, 0.25) is 0 Å². The van der Waals surface area contributed by atoms with Gasteiger partial charge in [-0.2, -0.15) is 0 Å². The van der Waals surface area contributed by atoms with Gasteiger partial charge in [-0.15, -0.1) is 0 Å². The summed E-state index contributed by atoms with van der Waals surface area (Å²) >= 11 is 0. The predicted octanol–water partition coefficient (Wildman–Crippen LogP) is 4.36. The molecule has 3 aromatic carbocycles. The van der Waals surface area contributed by atoms with E-state index >= 15 is 0 Å². The number of anilines is 1. The highest BCUT2D eigenvalue weighted by Gasteiger charge is 2.17. The van der Waals surface area contributed by atoms with Crippen molar-refractivity contribution in [2.24, 2.45) is 0 Å². The lowest BCUT2D eigenvalue weighted by atomic mass is 10.2. The molecule has 4 aromatic rings. The molecule has 30 heavy (non-hydrogen) atoms. The van der Waals surface area contributed by atoms with E-state index in [1.807, 2.05) is 37.3 Å². The van der Waals surface area contributed by atoms with Crippen LogP contribution in [0.3, 0.4) is 0 Å². The fraction of sp³-hybridized carbons (Fsp3) is 0.136. The standard InChI is InChI=1S/C22H21N3O4S/c1-14-4-10-18-19(12-14)24-22(23-18)15-5-7-16(8-6-15)25-30(26,27)17-9-11-20(28-2)21(13-17)29-3/h4-13,25H,1-3H3,(H,23,24). The Balaban J connectivity index is 1.58. The van der Waals surface area contributed by atoms with Crippen molar-refractivity contribution in [1.82, 2.24) is 9.97 Å². The van der Waals surface area contributed by atoms with Crippen molar-refractivity contribution in [2.75, 3.05) is 18.9 Å². The summed E-state index contributed by atoms with van der Waals surface area (Å²) in [6.07, 6.45) is 0. The lowest BCUT2D eigenvalue weighted by Gasteiger charge is -2.12. The zero-order valence-electron chi connectivity index (χ0n) is 16.8. The second kappa shape index (κ2) is 7.72. The SMILES string of the molecule is COc1ccc(S(=O)(=O)Nc2ccc(-c3nc4ccc(C)cc4[nH]3)cc2)cc1OC. The van der Waals surface area contributed by atoms with Crippen molar-refractivity contribution < 1.29 is 17.9 Å². The second-order valence-electron chi connectivity index (χ2n) is 6.81. The molecule has 154 valence electrons. The molecule has 0 unspecified atom stereocenters. The van der Waals surface area contributed by atoms with Crippen LogP contribution in [0.4, 0.5) is 5.69 Å². The van der Waals surface area contributed by atoms with Gasteiger partial charge in [0.05, 0.1) is 30.1 Å². The van der Waals surface area contributed by atoms with Gasteiger partial charge in [-0.1, -0.05) is 6.07 Å². The molecule has 4 rings (SSSR count). The fourth-order valence-corrected chi connectivity index (χ4v) is 4.23. The zero-order chi connectivity index (χ0) is 21.3. The normalized spacial score (nSPS) is 11.4. The summed E-state index contributed by atoms with van der Waals surface area (Å²) in [6.45, 7) is 2.03. The van der Waals surface area contributed by atoms with Crippen LogP contribution in [-0.2, 0) is 10.0 Å². The maximum atomic E-state index is 12.7. The van der Waals surface area contributed by atoms with Crippen LogP contribution in [0.2, 0.25) is 0 Å². The van der Waals surface area contributed by atoms with Gasteiger partial charge in [0.25, 0.3) is 10.0 Å². The van der Waals surface area contributed by atoms with Crippen molar-refractivity contribution in [3.05, 3.63) is 66.2 Å². The number of nitrogens with zero attached hydrogens (tertiary/aromatic N) is 1. The van der Waals surface area contributed by atoms with Gasteiger partial charge in [0, 0.05) is 17.3 Å². The number of benzene rings is 3. The summed E-state index contributed by atoms with van der Waals surface area (Å²) in [6, 6.07) is 17.5. The molecule has 1 heterocycles.